The molecular weight excluding hydrogens is 260 g/mol. The molecule has 15 heavy (non-hydrogen) atoms. The number of nitrogens with two attached hydrogens (primary N) is 1. The molecule has 5 heteroatoms. The van der Waals surface area contributed by atoms with Crippen molar-refractivity contribution in [2.75, 3.05) is 17.8 Å². The summed E-state index contributed by atoms with van der Waals surface area (Å²) >= 11 is 3.35. The molecule has 0 bridgehead atoms. The first-order chi connectivity index (χ1) is 7.06. The normalized spacial score (nSPS) is 10.5. The number of nitrogen functional groups attached to an aromatic ring is 1. The van der Waals surface area contributed by atoms with Crippen molar-refractivity contribution in [2.45, 2.75) is 13.8 Å². The Labute approximate surface area is 97.5 Å². The van der Waals surface area contributed by atoms with Crippen LogP contribution >= 0.6 is 15.9 Å². The van der Waals surface area contributed by atoms with Crippen LogP contribution in [-0.4, -0.2) is 11.8 Å². The minimum atomic E-state index is 0.396. The van der Waals surface area contributed by atoms with Crippen LogP contribution in [0, 0.1) is 5.92 Å². The summed E-state index contributed by atoms with van der Waals surface area (Å²) in [5, 5.41) is 8.81. The first-order valence-electron chi connectivity index (χ1n) is 4.67. The molecule has 0 fully saturated rings. The third-order valence-corrected chi connectivity index (χ3v) is 2.45. The molecule has 0 aliphatic rings. The predicted molar refractivity (Wildman–Crippen MR) is 64.3 cm³/mol. The zero-order valence-electron chi connectivity index (χ0n) is 8.75. The number of hydrogen-bond donors (Lipinski definition) is 3. The van der Waals surface area contributed by atoms with E-state index in [1.54, 1.807) is 12.1 Å². The molecule has 0 saturated carbocycles. The van der Waals surface area contributed by atoms with E-state index < -0.39 is 0 Å². The van der Waals surface area contributed by atoms with Gasteiger partial charge >= 0.3 is 0 Å². The number of benzene rings is 1. The molecule has 0 heterocycles. The molecule has 0 aliphatic heterocycles. The topological polar surface area (TPSA) is 67.5 Å². The van der Waals surface area contributed by atoms with Crippen LogP contribution in [0.25, 0.3) is 0 Å². The zero-order valence-corrected chi connectivity index (χ0v) is 10.3. The van der Waals surface area contributed by atoms with Gasteiger partial charge < -0.3 is 10.5 Å². The third kappa shape index (κ3) is 3.00. The maximum absolute atomic E-state index is 8.81. The van der Waals surface area contributed by atoms with Gasteiger partial charge in [-0.15, -0.1) is 0 Å². The number of ether oxygens (including phenoxy) is 1. The molecule has 1 aromatic carbocycles. The first kappa shape index (κ1) is 12.1. The summed E-state index contributed by atoms with van der Waals surface area (Å²) in [6.07, 6.45) is 0. The molecule has 0 spiro atoms. The second kappa shape index (κ2) is 5.23. The number of rotatable bonds is 4. The van der Waals surface area contributed by atoms with E-state index in [4.69, 9.17) is 15.7 Å². The van der Waals surface area contributed by atoms with Crippen molar-refractivity contribution in [3.8, 4) is 5.75 Å². The molecule has 0 atom stereocenters. The Kier molecular flexibility index (Phi) is 4.23. The summed E-state index contributed by atoms with van der Waals surface area (Å²) in [5.74, 6) is 0.977. The fraction of sp³-hybridized carbons (Fsp3) is 0.400. The van der Waals surface area contributed by atoms with Crippen LogP contribution in [0.4, 0.5) is 11.4 Å². The minimum Gasteiger partial charge on any atom is -0.490 e. The molecule has 0 saturated heterocycles. The monoisotopic (exact) mass is 274 g/mol. The standard InChI is InChI=1S/C10H15BrN2O2/c1-6(2)5-15-10-7(11)3-4-8(13-14)9(10)12/h3-4,6,13-14H,5,12H2,1-2H3. The van der Waals surface area contributed by atoms with E-state index in [2.05, 4.69) is 29.8 Å². The summed E-state index contributed by atoms with van der Waals surface area (Å²) in [5.41, 5.74) is 8.67. The highest BCUT2D eigenvalue weighted by atomic mass is 79.9. The van der Waals surface area contributed by atoms with Crippen LogP contribution in [0.15, 0.2) is 16.6 Å². The molecule has 4 N–H and O–H groups in total. The van der Waals surface area contributed by atoms with Crippen LogP contribution in [0.1, 0.15) is 13.8 Å². The molecule has 0 aliphatic carbocycles. The molecule has 1 rings (SSSR count). The Bertz CT molecular complexity index is 342. The highest BCUT2D eigenvalue weighted by Crippen LogP contribution is 2.36. The number of hydrogen-bond acceptors (Lipinski definition) is 4. The van der Waals surface area contributed by atoms with Crippen molar-refractivity contribution < 1.29 is 9.94 Å². The maximum atomic E-state index is 8.81. The summed E-state index contributed by atoms with van der Waals surface area (Å²) in [6.45, 7) is 4.69. The zero-order chi connectivity index (χ0) is 11.4. The number of anilines is 2. The average Bonchev–Trinajstić information content (AvgIpc) is 2.17. The molecule has 84 valence electrons. The van der Waals surface area contributed by atoms with Crippen molar-refractivity contribution in [1.82, 2.24) is 0 Å². The van der Waals surface area contributed by atoms with Gasteiger partial charge in [0.05, 0.1) is 16.8 Å². The SMILES string of the molecule is CC(C)COc1c(Br)ccc(NO)c1N. The van der Waals surface area contributed by atoms with E-state index in [0.717, 1.165) is 4.47 Å². The van der Waals surface area contributed by atoms with Gasteiger partial charge in [-0.3, -0.25) is 10.7 Å². The lowest BCUT2D eigenvalue weighted by molar-refractivity contribution is 0.271. The van der Waals surface area contributed by atoms with E-state index in [9.17, 15) is 0 Å². The highest BCUT2D eigenvalue weighted by molar-refractivity contribution is 9.10. The second-order valence-corrected chi connectivity index (χ2v) is 4.51. The molecule has 0 unspecified atom stereocenters. The van der Waals surface area contributed by atoms with Gasteiger partial charge in [-0.1, -0.05) is 13.8 Å². The van der Waals surface area contributed by atoms with Gasteiger partial charge in [-0.05, 0) is 34.0 Å². The minimum absolute atomic E-state index is 0.396. The van der Waals surface area contributed by atoms with Gasteiger partial charge in [0, 0.05) is 0 Å². The quantitative estimate of drug-likeness (QED) is 0.584. The van der Waals surface area contributed by atoms with Crippen LogP contribution in [0.3, 0.4) is 0 Å². The van der Waals surface area contributed by atoms with Crippen molar-refractivity contribution in [3.05, 3.63) is 16.6 Å². The Hall–Kier alpha value is -0.940. The Balaban J connectivity index is 2.94. The van der Waals surface area contributed by atoms with Gasteiger partial charge in [-0.25, -0.2) is 0 Å². The van der Waals surface area contributed by atoms with Crippen molar-refractivity contribution in [1.29, 1.82) is 0 Å². The molecule has 4 nitrogen and oxygen atoms in total. The Morgan fingerprint density at radius 3 is 2.73 bits per heavy atom. The van der Waals surface area contributed by atoms with E-state index in [1.807, 2.05) is 5.48 Å². The second-order valence-electron chi connectivity index (χ2n) is 3.65. The smallest absolute Gasteiger partial charge is 0.158 e. The van der Waals surface area contributed by atoms with E-state index in [-0.39, 0.29) is 0 Å². The van der Waals surface area contributed by atoms with Gasteiger partial charge in [-0.2, -0.15) is 0 Å². The highest BCUT2D eigenvalue weighted by Gasteiger charge is 2.10. The molecule has 1 aromatic rings. The van der Waals surface area contributed by atoms with E-state index in [1.165, 1.54) is 0 Å². The van der Waals surface area contributed by atoms with Crippen LogP contribution < -0.4 is 16.0 Å². The lowest BCUT2D eigenvalue weighted by atomic mass is 10.2. The largest absolute Gasteiger partial charge is 0.490 e. The fourth-order valence-electron chi connectivity index (χ4n) is 1.07. The lowest BCUT2D eigenvalue weighted by Crippen LogP contribution is -2.08. The Morgan fingerprint density at radius 2 is 2.20 bits per heavy atom. The van der Waals surface area contributed by atoms with Gasteiger partial charge in [0.25, 0.3) is 0 Å². The fourth-order valence-corrected chi connectivity index (χ4v) is 1.53. The number of halogens is 1. The summed E-state index contributed by atoms with van der Waals surface area (Å²) in [7, 11) is 0. The molecular formula is C10H15BrN2O2. The lowest BCUT2D eigenvalue weighted by Gasteiger charge is -2.14. The van der Waals surface area contributed by atoms with Crippen LogP contribution in [-0.2, 0) is 0 Å². The summed E-state index contributed by atoms with van der Waals surface area (Å²) in [4.78, 5) is 0. The Morgan fingerprint density at radius 1 is 1.53 bits per heavy atom. The van der Waals surface area contributed by atoms with Crippen molar-refractivity contribution in [3.63, 3.8) is 0 Å². The number of nitrogens with one attached hydrogen (secondary N) is 1. The van der Waals surface area contributed by atoms with E-state index in [0.29, 0.717) is 29.6 Å². The van der Waals surface area contributed by atoms with Gasteiger partial charge in [0.2, 0.25) is 0 Å². The van der Waals surface area contributed by atoms with Gasteiger partial charge in [0.1, 0.15) is 5.69 Å². The van der Waals surface area contributed by atoms with Crippen molar-refractivity contribution >= 4 is 27.3 Å². The third-order valence-electron chi connectivity index (χ3n) is 1.83. The summed E-state index contributed by atoms with van der Waals surface area (Å²) < 4.78 is 6.33. The van der Waals surface area contributed by atoms with Gasteiger partial charge in [0.15, 0.2) is 5.75 Å². The molecule has 0 radical (unpaired) electrons. The van der Waals surface area contributed by atoms with Crippen molar-refractivity contribution in [2.24, 2.45) is 5.92 Å². The van der Waals surface area contributed by atoms with Crippen LogP contribution in [0.5, 0.6) is 5.75 Å². The predicted octanol–water partition coefficient (Wildman–Crippen LogP) is 2.87. The summed E-state index contributed by atoms with van der Waals surface area (Å²) in [6, 6.07) is 3.44. The van der Waals surface area contributed by atoms with E-state index >= 15 is 0 Å². The van der Waals surface area contributed by atoms with Crippen LogP contribution in [0.2, 0.25) is 0 Å². The first-order valence-corrected chi connectivity index (χ1v) is 5.46. The maximum Gasteiger partial charge on any atom is 0.158 e. The average molecular weight is 275 g/mol. The molecule has 0 aromatic heterocycles. The molecule has 0 amide bonds.